The minimum atomic E-state index is -1.15. The Balaban J connectivity index is 1.84. The second-order valence-corrected chi connectivity index (χ2v) is 6.94. The Kier molecular flexibility index (Phi) is 8.57. The van der Waals surface area contributed by atoms with Crippen molar-refractivity contribution in [2.75, 3.05) is 12.4 Å². The topological polar surface area (TPSA) is 93.7 Å². The summed E-state index contributed by atoms with van der Waals surface area (Å²) >= 11 is 5.67. The van der Waals surface area contributed by atoms with Gasteiger partial charge in [-0.25, -0.2) is 9.18 Å². The maximum Gasteiger partial charge on any atom is 0.329 e. The van der Waals surface area contributed by atoms with Crippen molar-refractivity contribution in [3.63, 3.8) is 0 Å². The van der Waals surface area contributed by atoms with Gasteiger partial charge in [-0.1, -0.05) is 23.7 Å². The minimum absolute atomic E-state index is 0.151. The molecule has 2 aromatic carbocycles. The number of amides is 2. The first kappa shape index (κ1) is 23.9. The Morgan fingerprint density at radius 1 is 1.10 bits per heavy atom. The molecule has 2 amide bonds. The van der Waals surface area contributed by atoms with Gasteiger partial charge in [0, 0.05) is 11.8 Å². The van der Waals surface area contributed by atoms with Crippen molar-refractivity contribution >= 4 is 41.1 Å². The predicted octanol–water partition coefficient (Wildman–Crippen LogP) is 3.58. The molecule has 0 heterocycles. The summed E-state index contributed by atoms with van der Waals surface area (Å²) in [6.45, 7) is 2.81. The van der Waals surface area contributed by atoms with Gasteiger partial charge in [-0.3, -0.25) is 9.59 Å². The fraction of sp³-hybridized carbons (Fsp3) is 0.227. The quantitative estimate of drug-likeness (QED) is 0.475. The van der Waals surface area contributed by atoms with E-state index in [1.807, 2.05) is 0 Å². The van der Waals surface area contributed by atoms with Crippen LogP contribution in [0.4, 0.5) is 10.1 Å². The lowest BCUT2D eigenvalue weighted by Gasteiger charge is -2.17. The molecular weight excluding hydrogens is 427 g/mol. The highest BCUT2D eigenvalue weighted by Crippen LogP contribution is 2.19. The van der Waals surface area contributed by atoms with Crippen LogP contribution in [0.15, 0.2) is 48.5 Å². The molecule has 2 aromatic rings. The average Bonchev–Trinajstić information content (AvgIpc) is 2.75. The summed E-state index contributed by atoms with van der Waals surface area (Å²) in [4.78, 5) is 36.3. The second kappa shape index (κ2) is 11.1. The molecule has 2 N–H and O–H groups in total. The number of nitrogens with one attached hydrogen (secondary N) is 2. The van der Waals surface area contributed by atoms with Crippen molar-refractivity contribution in [1.82, 2.24) is 5.32 Å². The summed E-state index contributed by atoms with van der Waals surface area (Å²) in [5.41, 5.74) is 1.03. The number of esters is 1. The van der Waals surface area contributed by atoms with Crippen LogP contribution in [-0.2, 0) is 19.1 Å². The highest BCUT2D eigenvalue weighted by molar-refractivity contribution is 6.31. The van der Waals surface area contributed by atoms with E-state index < -0.39 is 35.7 Å². The molecule has 0 aromatic heterocycles. The third-order valence-electron chi connectivity index (χ3n) is 4.10. The summed E-state index contributed by atoms with van der Waals surface area (Å²) < 4.78 is 23.3. The van der Waals surface area contributed by atoms with Gasteiger partial charge in [0.05, 0.1) is 12.1 Å². The van der Waals surface area contributed by atoms with Crippen molar-refractivity contribution in [3.05, 3.63) is 64.9 Å². The molecule has 0 aliphatic rings. The zero-order chi connectivity index (χ0) is 23.0. The summed E-state index contributed by atoms with van der Waals surface area (Å²) in [7, 11) is 1.56. The summed E-state index contributed by atoms with van der Waals surface area (Å²) in [5.74, 6) is -1.85. The molecule has 0 spiro atoms. The molecular formula is C22H22ClFN2O5. The Morgan fingerprint density at radius 3 is 2.39 bits per heavy atom. The number of carbonyl (C=O) groups excluding carboxylic acids is 3. The summed E-state index contributed by atoms with van der Waals surface area (Å²) in [6, 6.07) is 9.74. The predicted molar refractivity (Wildman–Crippen MR) is 115 cm³/mol. The first-order valence-electron chi connectivity index (χ1n) is 9.28. The second-order valence-electron chi connectivity index (χ2n) is 6.53. The van der Waals surface area contributed by atoms with E-state index in [9.17, 15) is 18.8 Å². The zero-order valence-electron chi connectivity index (χ0n) is 17.1. The smallest absolute Gasteiger partial charge is 0.329 e. The summed E-state index contributed by atoms with van der Waals surface area (Å²) in [5, 5.41) is 4.78. The number of hydrogen-bond donors (Lipinski definition) is 2. The Morgan fingerprint density at radius 2 is 1.77 bits per heavy atom. The Hall–Kier alpha value is -3.39. The van der Waals surface area contributed by atoms with Crippen LogP contribution in [0.25, 0.3) is 6.08 Å². The van der Waals surface area contributed by atoms with Crippen molar-refractivity contribution in [2.24, 2.45) is 0 Å². The van der Waals surface area contributed by atoms with Crippen LogP contribution < -0.4 is 15.4 Å². The number of carbonyl (C=O) groups is 3. The normalized spacial score (nSPS) is 12.7. The zero-order valence-corrected chi connectivity index (χ0v) is 17.9. The number of anilines is 1. The fourth-order valence-electron chi connectivity index (χ4n) is 2.35. The van der Waals surface area contributed by atoms with Crippen LogP contribution in [0.2, 0.25) is 5.02 Å². The molecule has 31 heavy (non-hydrogen) atoms. The van der Waals surface area contributed by atoms with E-state index in [0.717, 1.165) is 11.6 Å². The highest BCUT2D eigenvalue weighted by atomic mass is 35.5. The van der Waals surface area contributed by atoms with E-state index in [-0.39, 0.29) is 10.7 Å². The van der Waals surface area contributed by atoms with E-state index in [1.54, 1.807) is 37.5 Å². The number of rotatable bonds is 8. The number of halogens is 2. The monoisotopic (exact) mass is 448 g/mol. The van der Waals surface area contributed by atoms with Gasteiger partial charge in [0.1, 0.15) is 17.6 Å². The first-order valence-corrected chi connectivity index (χ1v) is 9.66. The van der Waals surface area contributed by atoms with Gasteiger partial charge in [0.2, 0.25) is 5.91 Å². The lowest BCUT2D eigenvalue weighted by atomic mass is 10.2. The lowest BCUT2D eigenvalue weighted by Crippen LogP contribution is -2.41. The SMILES string of the molecule is COc1ccc(/C=C/C(=O)N[C@@H](C)C(=O)OC(C)C(=O)Nc2ccc(F)c(Cl)c2)cc1. The van der Waals surface area contributed by atoms with E-state index in [2.05, 4.69) is 10.6 Å². The third kappa shape index (κ3) is 7.42. The van der Waals surface area contributed by atoms with Gasteiger partial charge in [-0.05, 0) is 55.8 Å². The molecule has 0 saturated heterocycles. The Labute approximate surface area is 184 Å². The van der Waals surface area contributed by atoms with Gasteiger partial charge in [0.25, 0.3) is 5.91 Å². The van der Waals surface area contributed by atoms with Crippen molar-refractivity contribution in [2.45, 2.75) is 26.0 Å². The third-order valence-corrected chi connectivity index (χ3v) is 4.39. The molecule has 1 unspecified atom stereocenters. The largest absolute Gasteiger partial charge is 0.497 e. The average molecular weight is 449 g/mol. The molecule has 9 heteroatoms. The molecule has 7 nitrogen and oxygen atoms in total. The first-order chi connectivity index (χ1) is 14.7. The van der Waals surface area contributed by atoms with Gasteiger partial charge >= 0.3 is 5.97 Å². The van der Waals surface area contributed by atoms with Crippen molar-refractivity contribution in [1.29, 1.82) is 0 Å². The van der Waals surface area contributed by atoms with E-state index in [4.69, 9.17) is 21.1 Å². The maximum absolute atomic E-state index is 13.2. The molecule has 2 rings (SSSR count). The van der Waals surface area contributed by atoms with E-state index >= 15 is 0 Å². The van der Waals surface area contributed by atoms with Gasteiger partial charge in [-0.2, -0.15) is 0 Å². The lowest BCUT2D eigenvalue weighted by molar-refractivity contribution is -0.155. The van der Waals surface area contributed by atoms with Gasteiger partial charge in [0.15, 0.2) is 6.10 Å². The molecule has 2 atom stereocenters. The molecule has 0 fully saturated rings. The number of benzene rings is 2. The van der Waals surface area contributed by atoms with Crippen LogP contribution in [0.5, 0.6) is 5.75 Å². The summed E-state index contributed by atoms with van der Waals surface area (Å²) in [6.07, 6.45) is 1.71. The number of ether oxygens (including phenoxy) is 2. The highest BCUT2D eigenvalue weighted by Gasteiger charge is 2.23. The van der Waals surface area contributed by atoms with Crippen LogP contribution in [0.1, 0.15) is 19.4 Å². The van der Waals surface area contributed by atoms with Gasteiger partial charge < -0.3 is 20.1 Å². The Bertz CT molecular complexity index is 978. The number of hydrogen-bond acceptors (Lipinski definition) is 5. The molecule has 0 radical (unpaired) electrons. The minimum Gasteiger partial charge on any atom is -0.497 e. The molecule has 0 aliphatic heterocycles. The van der Waals surface area contributed by atoms with Crippen LogP contribution in [0, 0.1) is 5.82 Å². The maximum atomic E-state index is 13.2. The molecule has 0 aliphatic carbocycles. The van der Waals surface area contributed by atoms with Crippen LogP contribution in [-0.4, -0.2) is 37.0 Å². The van der Waals surface area contributed by atoms with Crippen LogP contribution in [0.3, 0.4) is 0 Å². The standard InChI is InChI=1S/C22H22ClFN2O5/c1-13(25-20(27)11-6-15-4-8-17(30-3)9-5-15)22(29)31-14(2)21(28)26-16-7-10-19(24)18(23)12-16/h4-14H,1-3H3,(H,25,27)(H,26,28)/b11-6+/t13-,14?/m0/s1. The van der Waals surface area contributed by atoms with Gasteiger partial charge in [-0.15, -0.1) is 0 Å². The van der Waals surface area contributed by atoms with Crippen LogP contribution >= 0.6 is 11.6 Å². The van der Waals surface area contributed by atoms with E-state index in [0.29, 0.717) is 5.75 Å². The molecule has 0 bridgehead atoms. The van der Waals surface area contributed by atoms with E-state index in [1.165, 1.54) is 32.1 Å². The fourth-order valence-corrected chi connectivity index (χ4v) is 2.54. The van der Waals surface area contributed by atoms with Crippen molar-refractivity contribution < 1.29 is 28.2 Å². The molecule has 0 saturated carbocycles. The molecule has 164 valence electrons. The number of methoxy groups -OCH3 is 1. The van der Waals surface area contributed by atoms with Crippen molar-refractivity contribution in [3.8, 4) is 5.75 Å².